The van der Waals surface area contributed by atoms with Crippen molar-refractivity contribution in [3.05, 3.63) is 29.8 Å². The van der Waals surface area contributed by atoms with Gasteiger partial charge in [0.2, 0.25) is 0 Å². The average molecular weight is 253 g/mol. The van der Waals surface area contributed by atoms with Crippen LogP contribution in [0.2, 0.25) is 0 Å². The fourth-order valence-electron chi connectivity index (χ4n) is 1.39. The van der Waals surface area contributed by atoms with Crippen molar-refractivity contribution in [3.63, 3.8) is 0 Å². The number of hydrogen-bond donors (Lipinski definition) is 1. The molecule has 0 heterocycles. The van der Waals surface area contributed by atoms with E-state index in [0.717, 1.165) is 11.3 Å². The van der Waals surface area contributed by atoms with Crippen molar-refractivity contribution >= 4 is 5.97 Å². The molecule has 1 aromatic carbocycles. The topological polar surface area (TPSA) is 70.8 Å². The van der Waals surface area contributed by atoms with E-state index in [1.807, 2.05) is 24.3 Å². The minimum absolute atomic E-state index is 0.191. The van der Waals surface area contributed by atoms with E-state index in [-0.39, 0.29) is 6.61 Å². The third-order valence-corrected chi connectivity index (χ3v) is 2.45. The Hall–Kier alpha value is -1.59. The molecular formula is C13H19NO4. The van der Waals surface area contributed by atoms with Gasteiger partial charge in [0, 0.05) is 13.7 Å². The van der Waals surface area contributed by atoms with Crippen LogP contribution in [0.1, 0.15) is 12.0 Å². The molecule has 0 aliphatic carbocycles. The first-order valence-corrected chi connectivity index (χ1v) is 5.71. The summed E-state index contributed by atoms with van der Waals surface area (Å²) in [5, 5.41) is 0. The van der Waals surface area contributed by atoms with Gasteiger partial charge >= 0.3 is 5.97 Å². The van der Waals surface area contributed by atoms with Crippen molar-refractivity contribution in [3.8, 4) is 5.75 Å². The highest BCUT2D eigenvalue weighted by molar-refractivity contribution is 5.75. The lowest BCUT2D eigenvalue weighted by Gasteiger charge is -2.11. The molecular weight excluding hydrogens is 234 g/mol. The third-order valence-electron chi connectivity index (χ3n) is 2.45. The molecule has 0 bridgehead atoms. The van der Waals surface area contributed by atoms with Gasteiger partial charge in [0.1, 0.15) is 18.4 Å². The summed E-state index contributed by atoms with van der Waals surface area (Å²) in [5.74, 6) is 0.308. The molecule has 0 saturated heterocycles. The molecule has 2 N–H and O–H groups in total. The normalized spacial score (nSPS) is 11.9. The predicted octanol–water partition coefficient (Wildman–Crippen LogP) is 1.10. The number of esters is 1. The van der Waals surface area contributed by atoms with Crippen molar-refractivity contribution in [1.82, 2.24) is 0 Å². The number of nitrogens with two attached hydrogens (primary N) is 1. The van der Waals surface area contributed by atoms with Crippen LogP contribution in [-0.4, -0.2) is 32.8 Å². The molecule has 5 heteroatoms. The van der Waals surface area contributed by atoms with Crippen LogP contribution in [0.25, 0.3) is 0 Å². The first kappa shape index (κ1) is 14.5. The fourth-order valence-corrected chi connectivity index (χ4v) is 1.39. The number of hydrogen-bond acceptors (Lipinski definition) is 5. The molecule has 0 spiro atoms. The van der Waals surface area contributed by atoms with E-state index < -0.39 is 12.0 Å². The molecule has 1 unspecified atom stereocenters. The summed E-state index contributed by atoms with van der Waals surface area (Å²) in [5.41, 5.74) is 6.51. The number of carbonyl (C=O) groups is 1. The van der Waals surface area contributed by atoms with Gasteiger partial charge in [-0.3, -0.25) is 4.79 Å². The summed E-state index contributed by atoms with van der Waals surface area (Å²) in [6.07, 6.45) is 0.452. The zero-order valence-corrected chi connectivity index (χ0v) is 10.7. The van der Waals surface area contributed by atoms with Gasteiger partial charge in [0.05, 0.1) is 7.11 Å². The number of ether oxygens (including phenoxy) is 3. The average Bonchev–Trinajstić information content (AvgIpc) is 2.42. The van der Waals surface area contributed by atoms with Crippen LogP contribution >= 0.6 is 0 Å². The summed E-state index contributed by atoms with van der Waals surface area (Å²) >= 11 is 0. The highest BCUT2D eigenvalue weighted by Gasteiger charge is 2.14. The molecule has 1 aromatic rings. The molecule has 0 amide bonds. The molecule has 5 nitrogen and oxygen atoms in total. The highest BCUT2D eigenvalue weighted by Crippen LogP contribution is 2.13. The molecule has 18 heavy (non-hydrogen) atoms. The summed E-state index contributed by atoms with van der Waals surface area (Å²) in [6.45, 7) is 0.631. The van der Waals surface area contributed by atoms with E-state index in [9.17, 15) is 4.79 Å². The van der Waals surface area contributed by atoms with Gasteiger partial charge in [-0.2, -0.15) is 0 Å². The highest BCUT2D eigenvalue weighted by atomic mass is 16.5. The molecule has 1 rings (SSSR count). The van der Waals surface area contributed by atoms with Crippen LogP contribution < -0.4 is 10.5 Å². The number of rotatable bonds is 7. The Morgan fingerprint density at radius 2 is 2.17 bits per heavy atom. The Bertz CT molecular complexity index is 381. The largest absolute Gasteiger partial charge is 0.497 e. The molecule has 0 aliphatic rings. The molecule has 1 atom stereocenters. The van der Waals surface area contributed by atoms with E-state index >= 15 is 0 Å². The van der Waals surface area contributed by atoms with Gasteiger partial charge in [-0.15, -0.1) is 0 Å². The third kappa shape index (κ3) is 4.73. The first-order valence-electron chi connectivity index (χ1n) is 5.71. The Morgan fingerprint density at radius 1 is 1.39 bits per heavy atom. The zero-order valence-electron chi connectivity index (χ0n) is 10.7. The van der Waals surface area contributed by atoms with E-state index in [1.54, 1.807) is 14.2 Å². The molecule has 100 valence electrons. The smallest absolute Gasteiger partial charge is 0.323 e. The summed E-state index contributed by atoms with van der Waals surface area (Å²) < 4.78 is 15.0. The van der Waals surface area contributed by atoms with E-state index in [0.29, 0.717) is 13.0 Å². The van der Waals surface area contributed by atoms with Gasteiger partial charge in [-0.25, -0.2) is 0 Å². The maximum atomic E-state index is 11.5. The quantitative estimate of drug-likeness (QED) is 0.737. The van der Waals surface area contributed by atoms with Gasteiger partial charge in [0.25, 0.3) is 0 Å². The monoisotopic (exact) mass is 253 g/mol. The van der Waals surface area contributed by atoms with Crippen LogP contribution in [-0.2, 0) is 20.9 Å². The Balaban J connectivity index is 2.41. The maximum Gasteiger partial charge on any atom is 0.323 e. The minimum Gasteiger partial charge on any atom is -0.497 e. The predicted molar refractivity (Wildman–Crippen MR) is 67.3 cm³/mol. The summed E-state index contributed by atoms with van der Waals surface area (Å²) in [7, 11) is 3.15. The lowest BCUT2D eigenvalue weighted by Crippen LogP contribution is -2.33. The number of methoxy groups -OCH3 is 2. The number of benzene rings is 1. The summed E-state index contributed by atoms with van der Waals surface area (Å²) in [4.78, 5) is 11.5. The maximum absolute atomic E-state index is 11.5. The zero-order chi connectivity index (χ0) is 13.4. The summed E-state index contributed by atoms with van der Waals surface area (Å²) in [6, 6.07) is 6.70. The van der Waals surface area contributed by atoms with Crippen LogP contribution in [0.3, 0.4) is 0 Å². The van der Waals surface area contributed by atoms with Crippen molar-refractivity contribution in [2.45, 2.75) is 19.1 Å². The van der Waals surface area contributed by atoms with Crippen molar-refractivity contribution in [1.29, 1.82) is 0 Å². The van der Waals surface area contributed by atoms with Gasteiger partial charge in [-0.05, 0) is 24.1 Å². The minimum atomic E-state index is -0.643. The first-order chi connectivity index (χ1) is 8.67. The van der Waals surface area contributed by atoms with Crippen LogP contribution in [0.15, 0.2) is 24.3 Å². The second-order valence-electron chi connectivity index (χ2n) is 3.85. The van der Waals surface area contributed by atoms with Crippen LogP contribution in [0, 0.1) is 0 Å². The molecule has 0 fully saturated rings. The number of carbonyl (C=O) groups excluding carboxylic acids is 1. The standard InChI is InChI=1S/C13H19NO4/c1-16-7-6-12(14)13(15)18-9-10-4-3-5-11(8-10)17-2/h3-5,8,12H,6-7,9,14H2,1-2H3. The van der Waals surface area contributed by atoms with E-state index in [2.05, 4.69) is 0 Å². The van der Waals surface area contributed by atoms with Gasteiger partial charge in [0.15, 0.2) is 0 Å². The Labute approximate surface area is 107 Å². The van der Waals surface area contributed by atoms with E-state index in [1.165, 1.54) is 0 Å². The molecule has 0 radical (unpaired) electrons. The van der Waals surface area contributed by atoms with Crippen molar-refractivity contribution in [2.75, 3.05) is 20.8 Å². The molecule has 0 aromatic heterocycles. The lowest BCUT2D eigenvalue weighted by molar-refractivity contribution is -0.147. The van der Waals surface area contributed by atoms with Crippen molar-refractivity contribution in [2.24, 2.45) is 5.73 Å². The Morgan fingerprint density at radius 3 is 2.83 bits per heavy atom. The lowest BCUT2D eigenvalue weighted by atomic mass is 10.2. The SMILES string of the molecule is COCCC(N)C(=O)OCc1cccc(OC)c1. The second kappa shape index (κ2) is 7.68. The molecule has 0 aliphatic heterocycles. The van der Waals surface area contributed by atoms with Gasteiger partial charge < -0.3 is 19.9 Å². The van der Waals surface area contributed by atoms with Gasteiger partial charge in [-0.1, -0.05) is 12.1 Å². The molecule has 0 saturated carbocycles. The van der Waals surface area contributed by atoms with Crippen LogP contribution in [0.5, 0.6) is 5.75 Å². The fraction of sp³-hybridized carbons (Fsp3) is 0.462. The second-order valence-corrected chi connectivity index (χ2v) is 3.85. The van der Waals surface area contributed by atoms with Crippen molar-refractivity contribution < 1.29 is 19.0 Å². The van der Waals surface area contributed by atoms with E-state index in [4.69, 9.17) is 19.9 Å². The van der Waals surface area contributed by atoms with Crippen LogP contribution in [0.4, 0.5) is 0 Å². The Kier molecular flexibility index (Phi) is 6.18.